The third kappa shape index (κ3) is 1.46. The maximum absolute atomic E-state index is 5.21. The van der Waals surface area contributed by atoms with Gasteiger partial charge in [-0.3, -0.25) is 9.67 Å². The van der Waals surface area contributed by atoms with E-state index < -0.39 is 0 Å². The third-order valence-electron chi connectivity index (χ3n) is 1.97. The summed E-state index contributed by atoms with van der Waals surface area (Å²) >= 11 is 0. The van der Waals surface area contributed by atoms with Gasteiger partial charge < -0.3 is 4.74 Å². The Kier molecular flexibility index (Phi) is 2.18. The predicted octanol–water partition coefficient (Wildman–Crippen LogP) is 1.49. The molecule has 0 atom stereocenters. The standard InChI is InChI=1S/C10H11N3O/c1-13-7-8(6-12-13)10-9(14-2)4-3-5-11-10/h3-7H,1-2H3. The van der Waals surface area contributed by atoms with Crippen molar-refractivity contribution in [2.24, 2.45) is 7.05 Å². The summed E-state index contributed by atoms with van der Waals surface area (Å²) in [4.78, 5) is 4.25. The Hall–Kier alpha value is -1.84. The first kappa shape index (κ1) is 8.74. The van der Waals surface area contributed by atoms with Crippen molar-refractivity contribution in [1.29, 1.82) is 0 Å². The Balaban J connectivity index is 2.50. The van der Waals surface area contributed by atoms with Crippen molar-refractivity contribution < 1.29 is 4.74 Å². The van der Waals surface area contributed by atoms with E-state index in [9.17, 15) is 0 Å². The molecule has 0 bridgehead atoms. The van der Waals surface area contributed by atoms with E-state index in [-0.39, 0.29) is 0 Å². The molecule has 0 unspecified atom stereocenters. The molecule has 72 valence electrons. The van der Waals surface area contributed by atoms with Crippen LogP contribution in [-0.4, -0.2) is 21.9 Å². The van der Waals surface area contributed by atoms with Crippen LogP contribution in [0.15, 0.2) is 30.7 Å². The fraction of sp³-hybridized carbons (Fsp3) is 0.200. The van der Waals surface area contributed by atoms with Crippen LogP contribution in [0.25, 0.3) is 11.3 Å². The zero-order valence-corrected chi connectivity index (χ0v) is 8.14. The van der Waals surface area contributed by atoms with Gasteiger partial charge in [-0.15, -0.1) is 0 Å². The maximum Gasteiger partial charge on any atom is 0.145 e. The van der Waals surface area contributed by atoms with E-state index >= 15 is 0 Å². The summed E-state index contributed by atoms with van der Waals surface area (Å²) in [7, 11) is 3.51. The summed E-state index contributed by atoms with van der Waals surface area (Å²) in [6, 6.07) is 3.73. The molecule has 0 saturated heterocycles. The second-order valence-electron chi connectivity index (χ2n) is 2.96. The van der Waals surface area contributed by atoms with Crippen LogP contribution in [-0.2, 0) is 7.05 Å². The van der Waals surface area contributed by atoms with Gasteiger partial charge in [0, 0.05) is 25.0 Å². The molecule has 2 aromatic heterocycles. The minimum atomic E-state index is 0.764. The van der Waals surface area contributed by atoms with Crippen molar-refractivity contribution in [3.8, 4) is 17.0 Å². The average Bonchev–Trinajstić information content (AvgIpc) is 2.65. The lowest BCUT2D eigenvalue weighted by atomic mass is 10.2. The van der Waals surface area contributed by atoms with Crippen LogP contribution >= 0.6 is 0 Å². The lowest BCUT2D eigenvalue weighted by Crippen LogP contribution is -1.89. The van der Waals surface area contributed by atoms with Crippen molar-refractivity contribution in [2.45, 2.75) is 0 Å². The molecule has 2 heterocycles. The van der Waals surface area contributed by atoms with E-state index in [1.807, 2.05) is 25.4 Å². The lowest BCUT2D eigenvalue weighted by Gasteiger charge is -2.03. The van der Waals surface area contributed by atoms with Crippen LogP contribution in [0.2, 0.25) is 0 Å². The minimum Gasteiger partial charge on any atom is -0.494 e. The molecule has 4 heteroatoms. The fourth-order valence-corrected chi connectivity index (χ4v) is 1.32. The summed E-state index contributed by atoms with van der Waals surface area (Å²) in [5.41, 5.74) is 1.79. The number of rotatable bonds is 2. The smallest absolute Gasteiger partial charge is 0.145 e. The molecule has 0 saturated carbocycles. The number of hydrogen-bond donors (Lipinski definition) is 0. The molecular weight excluding hydrogens is 178 g/mol. The topological polar surface area (TPSA) is 39.9 Å². The molecule has 14 heavy (non-hydrogen) atoms. The van der Waals surface area contributed by atoms with E-state index in [0.717, 1.165) is 17.0 Å². The molecule has 2 rings (SSSR count). The van der Waals surface area contributed by atoms with Gasteiger partial charge in [-0.05, 0) is 12.1 Å². The van der Waals surface area contributed by atoms with E-state index in [0.29, 0.717) is 0 Å². The van der Waals surface area contributed by atoms with Gasteiger partial charge in [0.15, 0.2) is 0 Å². The first-order chi connectivity index (χ1) is 6.81. The SMILES string of the molecule is COc1cccnc1-c1cnn(C)c1. The number of pyridine rings is 1. The van der Waals surface area contributed by atoms with Gasteiger partial charge >= 0.3 is 0 Å². The molecular formula is C10H11N3O. The third-order valence-corrected chi connectivity index (χ3v) is 1.97. The summed E-state index contributed by atoms with van der Waals surface area (Å²) in [5, 5.41) is 4.09. The monoisotopic (exact) mass is 189 g/mol. The molecule has 0 fully saturated rings. The number of nitrogens with zero attached hydrogens (tertiary/aromatic N) is 3. The second-order valence-corrected chi connectivity index (χ2v) is 2.96. The molecule has 0 aliphatic carbocycles. The Morgan fingerprint density at radius 3 is 2.93 bits per heavy atom. The van der Waals surface area contributed by atoms with Crippen LogP contribution < -0.4 is 4.74 Å². The van der Waals surface area contributed by atoms with E-state index in [1.54, 1.807) is 24.2 Å². The van der Waals surface area contributed by atoms with Crippen molar-refractivity contribution >= 4 is 0 Å². The lowest BCUT2D eigenvalue weighted by molar-refractivity contribution is 0.415. The van der Waals surface area contributed by atoms with E-state index in [1.165, 1.54) is 0 Å². The van der Waals surface area contributed by atoms with E-state index in [2.05, 4.69) is 10.1 Å². The van der Waals surface area contributed by atoms with Crippen molar-refractivity contribution in [2.75, 3.05) is 7.11 Å². The number of aromatic nitrogens is 3. The molecule has 0 aliphatic rings. The zero-order valence-electron chi connectivity index (χ0n) is 8.14. The van der Waals surface area contributed by atoms with Crippen LogP contribution in [0.1, 0.15) is 0 Å². The summed E-state index contributed by atoms with van der Waals surface area (Å²) in [6.07, 6.45) is 5.42. The van der Waals surface area contributed by atoms with Gasteiger partial charge in [0.1, 0.15) is 11.4 Å². The van der Waals surface area contributed by atoms with Crippen LogP contribution in [0.4, 0.5) is 0 Å². The molecule has 2 aromatic rings. The molecule has 4 nitrogen and oxygen atoms in total. The first-order valence-corrected chi connectivity index (χ1v) is 4.29. The van der Waals surface area contributed by atoms with Crippen molar-refractivity contribution in [3.63, 3.8) is 0 Å². The van der Waals surface area contributed by atoms with Crippen molar-refractivity contribution in [3.05, 3.63) is 30.7 Å². The van der Waals surface area contributed by atoms with Gasteiger partial charge in [-0.25, -0.2) is 0 Å². The predicted molar refractivity (Wildman–Crippen MR) is 53.0 cm³/mol. The average molecular weight is 189 g/mol. The highest BCUT2D eigenvalue weighted by molar-refractivity contribution is 5.64. The Morgan fingerprint density at radius 1 is 1.43 bits per heavy atom. The Labute approximate surface area is 82.2 Å². The quantitative estimate of drug-likeness (QED) is 0.718. The highest BCUT2D eigenvalue weighted by atomic mass is 16.5. The summed E-state index contributed by atoms with van der Waals surface area (Å²) in [6.45, 7) is 0. The molecule has 0 aliphatic heterocycles. The van der Waals surface area contributed by atoms with Gasteiger partial charge in [0.2, 0.25) is 0 Å². The first-order valence-electron chi connectivity index (χ1n) is 4.29. The number of aryl methyl sites for hydroxylation is 1. The highest BCUT2D eigenvalue weighted by Crippen LogP contribution is 2.25. The molecule has 0 spiro atoms. The van der Waals surface area contributed by atoms with Crippen LogP contribution in [0.5, 0.6) is 5.75 Å². The Bertz CT molecular complexity index is 436. The molecule has 0 amide bonds. The summed E-state index contributed by atoms with van der Waals surface area (Å²) in [5.74, 6) is 0.764. The summed E-state index contributed by atoms with van der Waals surface area (Å²) < 4.78 is 6.95. The molecule has 0 aromatic carbocycles. The van der Waals surface area contributed by atoms with Gasteiger partial charge in [-0.1, -0.05) is 0 Å². The van der Waals surface area contributed by atoms with Gasteiger partial charge in [-0.2, -0.15) is 5.10 Å². The largest absolute Gasteiger partial charge is 0.494 e. The number of hydrogen-bond acceptors (Lipinski definition) is 3. The van der Waals surface area contributed by atoms with E-state index in [4.69, 9.17) is 4.74 Å². The zero-order chi connectivity index (χ0) is 9.97. The second kappa shape index (κ2) is 3.49. The van der Waals surface area contributed by atoms with Crippen LogP contribution in [0.3, 0.4) is 0 Å². The normalized spacial score (nSPS) is 10.1. The highest BCUT2D eigenvalue weighted by Gasteiger charge is 2.07. The number of methoxy groups -OCH3 is 1. The molecule has 0 radical (unpaired) electrons. The Morgan fingerprint density at radius 2 is 2.29 bits per heavy atom. The fourth-order valence-electron chi connectivity index (χ4n) is 1.32. The molecule has 0 N–H and O–H groups in total. The van der Waals surface area contributed by atoms with Crippen LogP contribution in [0, 0.1) is 0 Å². The minimum absolute atomic E-state index is 0.764. The van der Waals surface area contributed by atoms with Gasteiger partial charge in [0.25, 0.3) is 0 Å². The number of ether oxygens (including phenoxy) is 1. The van der Waals surface area contributed by atoms with Gasteiger partial charge in [0.05, 0.1) is 13.3 Å². The maximum atomic E-state index is 5.21. The van der Waals surface area contributed by atoms with Crippen molar-refractivity contribution in [1.82, 2.24) is 14.8 Å².